The van der Waals surface area contributed by atoms with Crippen molar-refractivity contribution in [2.75, 3.05) is 18.4 Å². The van der Waals surface area contributed by atoms with Crippen molar-refractivity contribution in [2.24, 2.45) is 0 Å². The van der Waals surface area contributed by atoms with Gasteiger partial charge in [-0.2, -0.15) is 0 Å². The first kappa shape index (κ1) is 15.2. The van der Waals surface area contributed by atoms with Crippen LogP contribution in [0.4, 0.5) is 5.13 Å². The smallest absolute Gasteiger partial charge is 0.259 e. The molecule has 112 valence electrons. The third kappa shape index (κ3) is 3.57. The summed E-state index contributed by atoms with van der Waals surface area (Å²) in [6.45, 7) is 2.07. The Kier molecular flexibility index (Phi) is 4.81. The van der Waals surface area contributed by atoms with Gasteiger partial charge in [-0.3, -0.25) is 10.1 Å². The Labute approximate surface area is 140 Å². The molecular formula is C13H13Cl2N3OS2. The van der Waals surface area contributed by atoms with E-state index in [0.29, 0.717) is 25.3 Å². The summed E-state index contributed by atoms with van der Waals surface area (Å²) in [7, 11) is 0. The summed E-state index contributed by atoms with van der Waals surface area (Å²) in [6, 6.07) is 1.57. The van der Waals surface area contributed by atoms with Crippen molar-refractivity contribution in [3.8, 4) is 0 Å². The number of amides is 1. The first-order valence-electron chi connectivity index (χ1n) is 6.56. The molecule has 4 nitrogen and oxygen atoms in total. The van der Waals surface area contributed by atoms with Crippen LogP contribution in [0.2, 0.25) is 8.67 Å². The molecule has 0 unspecified atom stereocenters. The predicted octanol–water partition coefficient (Wildman–Crippen LogP) is 4.23. The number of carbonyl (C=O) groups excluding carboxylic acids is 1. The van der Waals surface area contributed by atoms with Gasteiger partial charge in [-0.05, 0) is 37.9 Å². The lowest BCUT2D eigenvalue weighted by Crippen LogP contribution is -2.26. The maximum absolute atomic E-state index is 12.1. The molecule has 0 spiro atoms. The van der Waals surface area contributed by atoms with Crippen LogP contribution in [-0.2, 0) is 0 Å². The van der Waals surface area contributed by atoms with Gasteiger partial charge in [0.05, 0.1) is 9.90 Å². The normalized spacial score (nSPS) is 16.1. The molecule has 1 amide bonds. The van der Waals surface area contributed by atoms with Crippen molar-refractivity contribution in [3.63, 3.8) is 0 Å². The molecule has 1 aliphatic heterocycles. The zero-order valence-corrected chi connectivity index (χ0v) is 14.1. The average molecular weight is 362 g/mol. The van der Waals surface area contributed by atoms with Gasteiger partial charge < -0.3 is 5.32 Å². The number of thiazole rings is 1. The predicted molar refractivity (Wildman–Crippen MR) is 89.3 cm³/mol. The SMILES string of the molecule is O=C(Nc1ncc(C2CCNCC2)s1)c1cc(Cl)sc1Cl. The van der Waals surface area contributed by atoms with Crippen LogP contribution in [-0.4, -0.2) is 24.0 Å². The minimum atomic E-state index is -0.269. The fraction of sp³-hybridized carbons (Fsp3) is 0.385. The molecule has 1 aliphatic rings. The summed E-state index contributed by atoms with van der Waals surface area (Å²) in [5, 5.41) is 6.73. The molecule has 8 heteroatoms. The first-order chi connectivity index (χ1) is 10.1. The van der Waals surface area contributed by atoms with Crippen LogP contribution in [0.25, 0.3) is 0 Å². The Morgan fingerprint density at radius 1 is 1.33 bits per heavy atom. The fourth-order valence-corrected chi connectivity index (χ4v) is 4.74. The van der Waals surface area contributed by atoms with E-state index in [2.05, 4.69) is 15.6 Å². The molecule has 3 heterocycles. The number of halogens is 2. The zero-order valence-electron chi connectivity index (χ0n) is 11.0. The van der Waals surface area contributed by atoms with E-state index < -0.39 is 0 Å². The van der Waals surface area contributed by atoms with Crippen molar-refractivity contribution in [2.45, 2.75) is 18.8 Å². The van der Waals surface area contributed by atoms with E-state index in [1.807, 2.05) is 6.20 Å². The highest BCUT2D eigenvalue weighted by molar-refractivity contribution is 7.20. The van der Waals surface area contributed by atoms with E-state index in [9.17, 15) is 4.79 Å². The van der Waals surface area contributed by atoms with Crippen molar-refractivity contribution < 1.29 is 4.79 Å². The van der Waals surface area contributed by atoms with Crippen LogP contribution < -0.4 is 10.6 Å². The Balaban J connectivity index is 1.69. The Bertz CT molecular complexity index is 650. The number of thiophene rings is 1. The molecule has 2 N–H and O–H groups in total. The first-order valence-corrected chi connectivity index (χ1v) is 8.95. The number of hydrogen-bond acceptors (Lipinski definition) is 5. The van der Waals surface area contributed by atoms with E-state index in [1.165, 1.54) is 27.6 Å². The van der Waals surface area contributed by atoms with Gasteiger partial charge in [-0.1, -0.05) is 23.2 Å². The third-order valence-corrected chi connectivity index (χ3v) is 5.95. The highest BCUT2D eigenvalue weighted by Crippen LogP contribution is 2.34. The topological polar surface area (TPSA) is 54.0 Å². The summed E-state index contributed by atoms with van der Waals surface area (Å²) in [4.78, 5) is 17.7. The molecule has 0 bridgehead atoms. The summed E-state index contributed by atoms with van der Waals surface area (Å²) in [5.41, 5.74) is 0.394. The van der Waals surface area contributed by atoms with Crippen LogP contribution in [0.3, 0.4) is 0 Å². The molecule has 0 aliphatic carbocycles. The highest BCUT2D eigenvalue weighted by atomic mass is 35.5. The molecule has 0 radical (unpaired) electrons. The minimum Gasteiger partial charge on any atom is -0.317 e. The molecule has 0 aromatic carbocycles. The molecule has 0 saturated carbocycles. The van der Waals surface area contributed by atoms with Crippen LogP contribution in [0.1, 0.15) is 34.0 Å². The summed E-state index contributed by atoms with van der Waals surface area (Å²) >= 11 is 14.5. The summed E-state index contributed by atoms with van der Waals surface area (Å²) in [5.74, 6) is 0.267. The van der Waals surface area contributed by atoms with Crippen LogP contribution in [0, 0.1) is 0 Å². The Hall–Kier alpha value is -0.660. The monoisotopic (exact) mass is 361 g/mol. The van der Waals surface area contributed by atoms with Gasteiger partial charge in [0, 0.05) is 11.1 Å². The van der Waals surface area contributed by atoms with E-state index in [1.54, 1.807) is 6.07 Å². The lowest BCUT2D eigenvalue weighted by Gasteiger charge is -2.20. The second kappa shape index (κ2) is 6.62. The number of piperidine rings is 1. The Morgan fingerprint density at radius 3 is 2.76 bits per heavy atom. The molecule has 2 aromatic heterocycles. The van der Waals surface area contributed by atoms with Gasteiger partial charge in [0.2, 0.25) is 0 Å². The number of nitrogens with zero attached hydrogens (tertiary/aromatic N) is 1. The lowest BCUT2D eigenvalue weighted by molar-refractivity contribution is 0.102. The van der Waals surface area contributed by atoms with Gasteiger partial charge >= 0.3 is 0 Å². The van der Waals surface area contributed by atoms with E-state index in [4.69, 9.17) is 23.2 Å². The molecular weight excluding hydrogens is 349 g/mol. The van der Waals surface area contributed by atoms with Gasteiger partial charge in [0.15, 0.2) is 5.13 Å². The van der Waals surface area contributed by atoms with Crippen molar-refractivity contribution in [1.82, 2.24) is 10.3 Å². The second-order valence-corrected chi connectivity index (χ2v) is 8.13. The zero-order chi connectivity index (χ0) is 14.8. The van der Waals surface area contributed by atoms with Crippen molar-refractivity contribution >= 4 is 56.9 Å². The van der Waals surface area contributed by atoms with Crippen LogP contribution >= 0.6 is 45.9 Å². The van der Waals surface area contributed by atoms with E-state index >= 15 is 0 Å². The number of carbonyl (C=O) groups is 1. The largest absolute Gasteiger partial charge is 0.317 e. The van der Waals surface area contributed by atoms with E-state index in [0.717, 1.165) is 25.9 Å². The van der Waals surface area contributed by atoms with Crippen molar-refractivity contribution in [3.05, 3.63) is 31.4 Å². The number of rotatable bonds is 3. The number of aromatic nitrogens is 1. The standard InChI is InChI=1S/C13H13Cl2N3OS2/c14-10-5-8(11(15)21-10)12(19)18-13-17-6-9(20-13)7-1-3-16-4-2-7/h5-7,16H,1-4H2,(H,17,18,19). The molecule has 1 saturated heterocycles. The highest BCUT2D eigenvalue weighted by Gasteiger charge is 2.19. The molecule has 2 aromatic rings. The number of nitrogens with one attached hydrogen (secondary N) is 2. The lowest BCUT2D eigenvalue weighted by atomic mass is 9.97. The van der Waals surface area contributed by atoms with Gasteiger partial charge in [-0.15, -0.1) is 22.7 Å². The van der Waals surface area contributed by atoms with Crippen LogP contribution in [0.5, 0.6) is 0 Å². The summed E-state index contributed by atoms with van der Waals surface area (Å²) < 4.78 is 0.896. The third-order valence-electron chi connectivity index (χ3n) is 3.39. The maximum atomic E-state index is 12.1. The van der Waals surface area contributed by atoms with Crippen LogP contribution in [0.15, 0.2) is 12.3 Å². The maximum Gasteiger partial charge on any atom is 0.259 e. The average Bonchev–Trinajstić information content (AvgIpc) is 3.06. The molecule has 21 heavy (non-hydrogen) atoms. The molecule has 3 rings (SSSR count). The summed E-state index contributed by atoms with van der Waals surface area (Å²) in [6.07, 6.45) is 4.08. The second-order valence-electron chi connectivity index (χ2n) is 4.78. The van der Waals surface area contributed by atoms with Gasteiger partial charge in [-0.25, -0.2) is 4.98 Å². The number of hydrogen-bond donors (Lipinski definition) is 2. The minimum absolute atomic E-state index is 0.269. The molecule has 0 atom stereocenters. The van der Waals surface area contributed by atoms with Gasteiger partial charge in [0.1, 0.15) is 4.34 Å². The number of anilines is 1. The van der Waals surface area contributed by atoms with Crippen molar-refractivity contribution in [1.29, 1.82) is 0 Å². The fourth-order valence-electron chi connectivity index (χ4n) is 2.30. The quantitative estimate of drug-likeness (QED) is 0.859. The van der Waals surface area contributed by atoms with E-state index in [-0.39, 0.29) is 5.91 Å². The molecule has 1 fully saturated rings. The Morgan fingerprint density at radius 2 is 2.10 bits per heavy atom. The van der Waals surface area contributed by atoms with Gasteiger partial charge in [0.25, 0.3) is 5.91 Å².